The van der Waals surface area contributed by atoms with Crippen LogP contribution in [-0.4, -0.2) is 51.1 Å². The molecule has 1 aliphatic heterocycles. The largest absolute Gasteiger partial charge is 0.494 e. The van der Waals surface area contributed by atoms with Gasteiger partial charge in [0.15, 0.2) is 0 Å². The molecule has 2 fully saturated rings. The maximum atomic E-state index is 12.9. The van der Waals surface area contributed by atoms with Crippen LogP contribution in [0.25, 0.3) is 10.8 Å². The minimum atomic E-state index is -0.458. The smallest absolute Gasteiger partial charge is 0.343 e. The van der Waals surface area contributed by atoms with Crippen molar-refractivity contribution in [2.75, 3.05) is 33.0 Å². The molecule has 1 heterocycles. The average Bonchev–Trinajstić information content (AvgIpc) is 3.01. The molecule has 3 aromatic rings. The summed E-state index contributed by atoms with van der Waals surface area (Å²) in [5.74, 6) is 1.79. The van der Waals surface area contributed by atoms with Crippen LogP contribution in [0.15, 0.2) is 60.7 Å². The summed E-state index contributed by atoms with van der Waals surface area (Å²) in [6.45, 7) is 12.5. The van der Waals surface area contributed by atoms with Gasteiger partial charge in [0.05, 0.1) is 37.6 Å². The van der Waals surface area contributed by atoms with Gasteiger partial charge >= 0.3 is 11.9 Å². The first-order valence-electron chi connectivity index (χ1n) is 16.6. The number of esters is 2. The fourth-order valence-electron chi connectivity index (χ4n) is 6.29. The molecule has 7 heteroatoms. The van der Waals surface area contributed by atoms with E-state index in [9.17, 15) is 9.59 Å². The van der Waals surface area contributed by atoms with E-state index in [-0.39, 0.29) is 17.5 Å². The van der Waals surface area contributed by atoms with Crippen LogP contribution in [0.2, 0.25) is 0 Å². The summed E-state index contributed by atoms with van der Waals surface area (Å²) in [4.78, 5) is 25.8. The van der Waals surface area contributed by atoms with Gasteiger partial charge in [0.25, 0.3) is 0 Å². The lowest BCUT2D eigenvalue weighted by atomic mass is 9.75. The molecule has 242 valence electrons. The quantitative estimate of drug-likeness (QED) is 0.102. The van der Waals surface area contributed by atoms with E-state index in [1.165, 1.54) is 6.42 Å². The number of fused-ring (bicyclic) bond motifs is 1. The zero-order valence-electron chi connectivity index (χ0n) is 27.2. The number of carbonyl (C=O) groups excluding carboxylic acids is 2. The Morgan fingerprint density at radius 3 is 2.27 bits per heavy atom. The third kappa shape index (κ3) is 8.65. The Hall–Kier alpha value is -3.42. The van der Waals surface area contributed by atoms with Gasteiger partial charge in [-0.05, 0) is 109 Å². The van der Waals surface area contributed by atoms with Gasteiger partial charge in [0.2, 0.25) is 0 Å². The first-order valence-corrected chi connectivity index (χ1v) is 16.6. The summed E-state index contributed by atoms with van der Waals surface area (Å²) in [5, 5.41) is 1.90. The predicted octanol–water partition coefficient (Wildman–Crippen LogP) is 8.28. The molecule has 0 aromatic heterocycles. The van der Waals surface area contributed by atoms with E-state index in [1.807, 2.05) is 30.3 Å². The molecule has 7 nitrogen and oxygen atoms in total. The van der Waals surface area contributed by atoms with Crippen molar-refractivity contribution in [2.24, 2.45) is 23.2 Å². The molecule has 1 aliphatic carbocycles. The maximum Gasteiger partial charge on any atom is 0.343 e. The molecular weight excluding hydrogens is 568 g/mol. The summed E-state index contributed by atoms with van der Waals surface area (Å²) in [6.07, 6.45) is 6.05. The Balaban J connectivity index is 1.08. The molecule has 1 saturated heterocycles. The van der Waals surface area contributed by atoms with Crippen molar-refractivity contribution >= 4 is 22.7 Å². The topological polar surface area (TPSA) is 80.3 Å². The minimum Gasteiger partial charge on any atom is -0.494 e. The second-order valence-corrected chi connectivity index (χ2v) is 13.4. The molecule has 5 rings (SSSR count). The van der Waals surface area contributed by atoms with Crippen molar-refractivity contribution in [2.45, 2.75) is 72.3 Å². The molecule has 0 amide bonds. The Morgan fingerprint density at radius 2 is 1.56 bits per heavy atom. The van der Waals surface area contributed by atoms with Crippen LogP contribution < -0.4 is 9.47 Å². The molecule has 0 bridgehead atoms. The summed E-state index contributed by atoms with van der Waals surface area (Å²) in [7, 11) is 0. The van der Waals surface area contributed by atoms with Crippen LogP contribution in [0.3, 0.4) is 0 Å². The van der Waals surface area contributed by atoms with Crippen molar-refractivity contribution in [3.63, 3.8) is 0 Å². The number of carbonyl (C=O) groups is 2. The van der Waals surface area contributed by atoms with E-state index < -0.39 is 5.97 Å². The van der Waals surface area contributed by atoms with Crippen molar-refractivity contribution < 1.29 is 33.3 Å². The molecule has 1 saturated carbocycles. The zero-order valence-corrected chi connectivity index (χ0v) is 27.2. The highest BCUT2D eigenvalue weighted by Gasteiger charge is 2.37. The monoisotopic (exact) mass is 616 g/mol. The lowest BCUT2D eigenvalue weighted by Gasteiger charge is -2.40. The first-order chi connectivity index (χ1) is 21.7. The SMILES string of the molecule is CCC1(COCCCCOc2ccc3cc(C(=O)Oc4ccc(C(=O)OC5CC(C)CCC5C(C)C)cc4)ccc3c2)COC1. The molecule has 0 radical (unpaired) electrons. The second-order valence-electron chi connectivity index (χ2n) is 13.4. The summed E-state index contributed by atoms with van der Waals surface area (Å²) >= 11 is 0. The standard InChI is InChI=1S/C38H48O7/c1-5-38(24-42-25-38)23-41-18-6-7-19-43-33-16-13-29-21-31(10-9-30(29)22-33)37(40)44-32-14-11-28(12-15-32)36(39)45-35-20-27(4)8-17-34(35)26(2)3/h9-16,21-22,26-27,34-35H,5-8,17-20,23-25H2,1-4H3. The van der Waals surface area contributed by atoms with Gasteiger partial charge in [-0.2, -0.15) is 0 Å². The Labute approximate surface area is 267 Å². The summed E-state index contributed by atoms with van der Waals surface area (Å²) in [5.41, 5.74) is 1.13. The molecular formula is C38H48O7. The highest BCUT2D eigenvalue weighted by Crippen LogP contribution is 2.36. The van der Waals surface area contributed by atoms with Crippen molar-refractivity contribution in [1.29, 1.82) is 0 Å². The van der Waals surface area contributed by atoms with E-state index in [4.69, 9.17) is 23.7 Å². The van der Waals surface area contributed by atoms with E-state index in [0.717, 1.165) is 75.1 Å². The van der Waals surface area contributed by atoms with Gasteiger partial charge in [-0.1, -0.05) is 46.2 Å². The first kappa shape index (κ1) is 33.0. The lowest BCUT2D eigenvalue weighted by Crippen LogP contribution is -2.45. The van der Waals surface area contributed by atoms with Crippen molar-refractivity contribution in [1.82, 2.24) is 0 Å². The molecule has 2 aliphatic rings. The van der Waals surface area contributed by atoms with E-state index in [1.54, 1.807) is 30.3 Å². The number of rotatable bonds is 14. The molecule has 3 atom stereocenters. The van der Waals surface area contributed by atoms with Gasteiger partial charge in [0, 0.05) is 12.0 Å². The van der Waals surface area contributed by atoms with Crippen LogP contribution in [0.4, 0.5) is 0 Å². The van der Waals surface area contributed by atoms with E-state index in [2.05, 4.69) is 27.7 Å². The van der Waals surface area contributed by atoms with Crippen molar-refractivity contribution in [3.8, 4) is 11.5 Å². The number of hydrogen-bond acceptors (Lipinski definition) is 7. The van der Waals surface area contributed by atoms with E-state index >= 15 is 0 Å². The van der Waals surface area contributed by atoms with Crippen LogP contribution in [-0.2, 0) is 14.2 Å². The minimum absolute atomic E-state index is 0.0642. The lowest BCUT2D eigenvalue weighted by molar-refractivity contribution is -0.150. The third-order valence-corrected chi connectivity index (χ3v) is 9.49. The average molecular weight is 617 g/mol. The molecule has 3 aromatic carbocycles. The maximum absolute atomic E-state index is 12.9. The fraction of sp³-hybridized carbons (Fsp3) is 0.526. The summed E-state index contributed by atoms with van der Waals surface area (Å²) in [6, 6.07) is 17.9. The Morgan fingerprint density at radius 1 is 0.867 bits per heavy atom. The fourth-order valence-corrected chi connectivity index (χ4v) is 6.29. The van der Waals surface area contributed by atoms with Gasteiger partial charge < -0.3 is 23.7 Å². The highest BCUT2D eigenvalue weighted by atomic mass is 16.5. The van der Waals surface area contributed by atoms with Gasteiger partial charge in [-0.25, -0.2) is 9.59 Å². The number of benzene rings is 3. The Bertz CT molecular complexity index is 1420. The normalized spacial score (nSPS) is 20.9. The van der Waals surface area contributed by atoms with E-state index in [0.29, 0.717) is 41.2 Å². The number of ether oxygens (including phenoxy) is 5. The molecule has 3 unspecified atom stereocenters. The van der Waals surface area contributed by atoms with Gasteiger partial charge in [-0.15, -0.1) is 0 Å². The number of unbranched alkanes of at least 4 members (excludes halogenated alkanes) is 1. The Kier molecular flexibility index (Phi) is 11.2. The van der Waals surface area contributed by atoms with Gasteiger partial charge in [0.1, 0.15) is 17.6 Å². The van der Waals surface area contributed by atoms with Crippen LogP contribution in [0, 0.1) is 23.2 Å². The molecule has 0 N–H and O–H groups in total. The zero-order chi connectivity index (χ0) is 31.8. The third-order valence-electron chi connectivity index (χ3n) is 9.49. The second kappa shape index (κ2) is 15.2. The summed E-state index contributed by atoms with van der Waals surface area (Å²) < 4.78 is 28.8. The van der Waals surface area contributed by atoms with Crippen LogP contribution >= 0.6 is 0 Å². The van der Waals surface area contributed by atoms with Crippen molar-refractivity contribution in [3.05, 3.63) is 71.8 Å². The van der Waals surface area contributed by atoms with Gasteiger partial charge in [-0.3, -0.25) is 0 Å². The number of hydrogen-bond donors (Lipinski definition) is 0. The molecule has 45 heavy (non-hydrogen) atoms. The molecule has 0 spiro atoms. The van der Waals surface area contributed by atoms with Crippen LogP contribution in [0.5, 0.6) is 11.5 Å². The highest BCUT2D eigenvalue weighted by molar-refractivity contribution is 5.97. The predicted molar refractivity (Wildman–Crippen MR) is 175 cm³/mol. The van der Waals surface area contributed by atoms with Crippen LogP contribution in [0.1, 0.15) is 86.9 Å².